The molecule has 1 saturated heterocycles. The summed E-state index contributed by atoms with van der Waals surface area (Å²) in [7, 11) is 0. The van der Waals surface area contributed by atoms with Crippen molar-refractivity contribution in [2.45, 2.75) is 60.3 Å². The van der Waals surface area contributed by atoms with Crippen molar-refractivity contribution in [3.63, 3.8) is 0 Å². The third-order valence-electron chi connectivity index (χ3n) is 5.02. The zero-order valence-electron chi connectivity index (χ0n) is 13.9. The van der Waals surface area contributed by atoms with Crippen LogP contribution in [0.5, 0.6) is 0 Å². The summed E-state index contributed by atoms with van der Waals surface area (Å²) in [5.41, 5.74) is 6.17. The van der Waals surface area contributed by atoms with Gasteiger partial charge >= 0.3 is 0 Å². The summed E-state index contributed by atoms with van der Waals surface area (Å²) in [6.07, 6.45) is 5.26. The Balaban J connectivity index is 2.26. The average Bonchev–Trinajstić information content (AvgIpc) is 2.75. The number of hydrogen-bond acceptors (Lipinski definition) is 2. The number of nitrogens with two attached hydrogens (primary N) is 1. The van der Waals surface area contributed by atoms with Gasteiger partial charge in [0.15, 0.2) is 0 Å². The van der Waals surface area contributed by atoms with E-state index in [-0.39, 0.29) is 0 Å². The monoisotopic (exact) mass is 268 g/mol. The summed E-state index contributed by atoms with van der Waals surface area (Å²) in [6, 6.07) is 0. The lowest BCUT2D eigenvalue weighted by Gasteiger charge is -2.31. The molecule has 1 heterocycles. The van der Waals surface area contributed by atoms with E-state index in [1.165, 1.54) is 45.3 Å². The smallest absolute Gasteiger partial charge is 0.00126 e. The summed E-state index contributed by atoms with van der Waals surface area (Å²) >= 11 is 0. The van der Waals surface area contributed by atoms with E-state index in [1.807, 2.05) is 0 Å². The number of nitrogens with zero attached hydrogens (tertiary/aromatic N) is 1. The van der Waals surface area contributed by atoms with Gasteiger partial charge in [0.05, 0.1) is 0 Å². The lowest BCUT2D eigenvalue weighted by Crippen LogP contribution is -2.27. The third kappa shape index (κ3) is 5.83. The van der Waals surface area contributed by atoms with E-state index in [1.54, 1.807) is 0 Å². The van der Waals surface area contributed by atoms with Gasteiger partial charge in [-0.2, -0.15) is 0 Å². The maximum atomic E-state index is 5.76. The molecule has 1 fully saturated rings. The Kier molecular flexibility index (Phi) is 6.82. The highest BCUT2D eigenvalue weighted by Crippen LogP contribution is 2.32. The average molecular weight is 268 g/mol. The van der Waals surface area contributed by atoms with Crippen molar-refractivity contribution in [1.29, 1.82) is 0 Å². The Labute approximate surface area is 121 Å². The van der Waals surface area contributed by atoms with Crippen LogP contribution in [0.25, 0.3) is 0 Å². The van der Waals surface area contributed by atoms with Crippen LogP contribution >= 0.6 is 0 Å². The van der Waals surface area contributed by atoms with E-state index < -0.39 is 0 Å². The second kappa shape index (κ2) is 7.64. The maximum absolute atomic E-state index is 5.76. The molecule has 0 radical (unpaired) electrons. The van der Waals surface area contributed by atoms with Crippen molar-refractivity contribution in [3.8, 4) is 0 Å². The molecule has 19 heavy (non-hydrogen) atoms. The van der Waals surface area contributed by atoms with E-state index in [9.17, 15) is 0 Å². The zero-order chi connectivity index (χ0) is 14.5. The normalized spacial score (nSPS) is 23.2. The van der Waals surface area contributed by atoms with Crippen molar-refractivity contribution < 1.29 is 0 Å². The molecule has 2 N–H and O–H groups in total. The first-order valence-corrected chi connectivity index (χ1v) is 8.27. The van der Waals surface area contributed by atoms with Gasteiger partial charge in [0.2, 0.25) is 0 Å². The van der Waals surface area contributed by atoms with Crippen molar-refractivity contribution in [2.24, 2.45) is 28.9 Å². The predicted molar refractivity (Wildman–Crippen MR) is 85.2 cm³/mol. The number of rotatable bonds is 7. The van der Waals surface area contributed by atoms with Crippen LogP contribution in [0.4, 0.5) is 0 Å². The molecule has 0 amide bonds. The Morgan fingerprint density at radius 3 is 2.37 bits per heavy atom. The molecule has 0 saturated carbocycles. The Morgan fingerprint density at radius 2 is 1.89 bits per heavy atom. The van der Waals surface area contributed by atoms with E-state index >= 15 is 0 Å². The van der Waals surface area contributed by atoms with Gasteiger partial charge in [0.1, 0.15) is 0 Å². The van der Waals surface area contributed by atoms with E-state index in [0.29, 0.717) is 5.41 Å². The van der Waals surface area contributed by atoms with Crippen molar-refractivity contribution in [3.05, 3.63) is 0 Å². The Bertz CT molecular complexity index is 242. The van der Waals surface area contributed by atoms with Crippen LogP contribution in [0.2, 0.25) is 0 Å². The largest absolute Gasteiger partial charge is 0.330 e. The third-order valence-corrected chi connectivity index (χ3v) is 5.02. The fraction of sp³-hybridized carbons (Fsp3) is 1.00. The second-order valence-corrected chi connectivity index (χ2v) is 7.88. The van der Waals surface area contributed by atoms with E-state index in [4.69, 9.17) is 5.73 Å². The summed E-state index contributed by atoms with van der Waals surface area (Å²) in [6.45, 7) is 16.6. The maximum Gasteiger partial charge on any atom is 0.00126 e. The van der Waals surface area contributed by atoms with Gasteiger partial charge in [0.25, 0.3) is 0 Å². The molecule has 0 bridgehead atoms. The van der Waals surface area contributed by atoms with Gasteiger partial charge in [-0.05, 0) is 68.5 Å². The molecule has 1 aliphatic heterocycles. The molecule has 0 aromatic heterocycles. The van der Waals surface area contributed by atoms with Gasteiger partial charge in [-0.3, -0.25) is 0 Å². The zero-order valence-corrected chi connectivity index (χ0v) is 13.9. The topological polar surface area (TPSA) is 29.3 Å². The fourth-order valence-corrected chi connectivity index (χ4v) is 3.38. The van der Waals surface area contributed by atoms with Gasteiger partial charge in [-0.25, -0.2) is 0 Å². The summed E-state index contributed by atoms with van der Waals surface area (Å²) in [4.78, 5) is 2.67. The Morgan fingerprint density at radius 1 is 1.21 bits per heavy atom. The molecule has 2 nitrogen and oxygen atoms in total. The standard InChI is InChI=1S/C17H36N2/c1-14(2)15-9-12-19(13-15)11-6-7-16(8-10-18)17(3,4)5/h14-16H,6-13,18H2,1-5H3. The molecule has 2 unspecified atom stereocenters. The van der Waals surface area contributed by atoms with Crippen LogP contribution in [0.1, 0.15) is 60.3 Å². The summed E-state index contributed by atoms with van der Waals surface area (Å²) in [5, 5.41) is 0. The van der Waals surface area contributed by atoms with Crippen LogP contribution in [0, 0.1) is 23.2 Å². The predicted octanol–water partition coefficient (Wildman–Crippen LogP) is 3.76. The lowest BCUT2D eigenvalue weighted by molar-refractivity contribution is 0.198. The molecule has 0 aliphatic carbocycles. The molecule has 2 atom stereocenters. The molecule has 2 heteroatoms. The molecular formula is C17H36N2. The minimum Gasteiger partial charge on any atom is -0.330 e. The molecule has 1 aliphatic rings. The van der Waals surface area contributed by atoms with Crippen LogP contribution in [-0.4, -0.2) is 31.1 Å². The molecular weight excluding hydrogens is 232 g/mol. The first kappa shape index (κ1) is 17.0. The van der Waals surface area contributed by atoms with Crippen molar-refractivity contribution in [2.75, 3.05) is 26.2 Å². The molecule has 0 spiro atoms. The first-order valence-electron chi connectivity index (χ1n) is 8.27. The highest BCUT2D eigenvalue weighted by molar-refractivity contribution is 4.79. The molecule has 0 aromatic rings. The van der Waals surface area contributed by atoms with Gasteiger partial charge in [-0.15, -0.1) is 0 Å². The van der Waals surface area contributed by atoms with E-state index in [2.05, 4.69) is 39.5 Å². The SMILES string of the molecule is CC(C)C1CCN(CCCC(CCN)C(C)(C)C)C1. The van der Waals surface area contributed by atoms with Gasteiger partial charge < -0.3 is 10.6 Å². The molecule has 1 rings (SSSR count). The number of hydrogen-bond donors (Lipinski definition) is 1. The second-order valence-electron chi connectivity index (χ2n) is 7.88. The lowest BCUT2D eigenvalue weighted by atomic mass is 9.76. The van der Waals surface area contributed by atoms with Crippen molar-refractivity contribution >= 4 is 0 Å². The first-order chi connectivity index (χ1) is 8.84. The summed E-state index contributed by atoms with van der Waals surface area (Å²) in [5.74, 6) is 2.56. The van der Waals surface area contributed by atoms with Crippen LogP contribution < -0.4 is 5.73 Å². The minimum absolute atomic E-state index is 0.408. The highest BCUT2D eigenvalue weighted by atomic mass is 15.1. The fourth-order valence-electron chi connectivity index (χ4n) is 3.38. The Hall–Kier alpha value is -0.0800. The van der Waals surface area contributed by atoms with Gasteiger partial charge in [-0.1, -0.05) is 34.6 Å². The van der Waals surface area contributed by atoms with Crippen LogP contribution in [0.3, 0.4) is 0 Å². The minimum atomic E-state index is 0.408. The van der Waals surface area contributed by atoms with Crippen molar-refractivity contribution in [1.82, 2.24) is 4.90 Å². The summed E-state index contributed by atoms with van der Waals surface area (Å²) < 4.78 is 0. The van der Waals surface area contributed by atoms with Crippen LogP contribution in [0.15, 0.2) is 0 Å². The number of likely N-dealkylation sites (tertiary alicyclic amines) is 1. The quantitative estimate of drug-likeness (QED) is 0.762. The highest BCUT2D eigenvalue weighted by Gasteiger charge is 2.26. The molecule has 0 aromatic carbocycles. The van der Waals surface area contributed by atoms with Gasteiger partial charge in [0, 0.05) is 6.54 Å². The van der Waals surface area contributed by atoms with E-state index in [0.717, 1.165) is 24.3 Å². The molecule has 114 valence electrons. The van der Waals surface area contributed by atoms with Crippen LogP contribution in [-0.2, 0) is 0 Å².